The van der Waals surface area contributed by atoms with Gasteiger partial charge in [-0.15, -0.1) is 0 Å². The lowest BCUT2D eigenvalue weighted by Crippen LogP contribution is -2.44. The fraction of sp³-hybridized carbons (Fsp3) is 0.333. The molecule has 92 valence electrons. The zero-order chi connectivity index (χ0) is 12.7. The highest BCUT2D eigenvalue weighted by molar-refractivity contribution is 9.10. The molecular weight excluding hydrogens is 284 g/mol. The maximum absolute atomic E-state index is 11.6. The summed E-state index contributed by atoms with van der Waals surface area (Å²) in [7, 11) is 0. The second-order valence-corrected chi connectivity index (χ2v) is 4.67. The van der Waals surface area contributed by atoms with E-state index < -0.39 is 0 Å². The molecule has 0 unspecified atom stereocenters. The minimum absolute atomic E-state index is 0.240. The van der Waals surface area contributed by atoms with Crippen molar-refractivity contribution in [1.82, 2.24) is 10.9 Å². The lowest BCUT2D eigenvalue weighted by Gasteiger charge is -2.10. The van der Waals surface area contributed by atoms with Crippen molar-refractivity contribution >= 4 is 27.7 Å². The number of halogens is 1. The number of carbonyl (C=O) groups is 2. The van der Waals surface area contributed by atoms with Crippen LogP contribution >= 0.6 is 15.9 Å². The van der Waals surface area contributed by atoms with E-state index in [-0.39, 0.29) is 16.6 Å². The molecule has 0 aliphatic heterocycles. The van der Waals surface area contributed by atoms with Gasteiger partial charge in [0.15, 0.2) is 0 Å². The third-order valence-electron chi connectivity index (χ3n) is 2.16. The van der Waals surface area contributed by atoms with Crippen LogP contribution < -0.4 is 10.9 Å². The molecule has 0 saturated carbocycles. The first-order chi connectivity index (χ1) is 8.15. The highest BCUT2D eigenvalue weighted by Gasteiger charge is 2.14. The molecule has 0 radical (unpaired) electrons. The van der Waals surface area contributed by atoms with Crippen LogP contribution in [0.5, 0.6) is 0 Å². The molecule has 0 aromatic heterocycles. The van der Waals surface area contributed by atoms with Crippen molar-refractivity contribution in [3.05, 3.63) is 35.9 Å². The molecule has 1 rings (SSSR count). The molecule has 17 heavy (non-hydrogen) atoms. The van der Waals surface area contributed by atoms with E-state index in [4.69, 9.17) is 0 Å². The van der Waals surface area contributed by atoms with Crippen LogP contribution in [0.3, 0.4) is 0 Å². The van der Waals surface area contributed by atoms with Crippen molar-refractivity contribution in [2.45, 2.75) is 24.6 Å². The second kappa shape index (κ2) is 7.06. The van der Waals surface area contributed by atoms with Gasteiger partial charge < -0.3 is 0 Å². The van der Waals surface area contributed by atoms with Gasteiger partial charge >= 0.3 is 0 Å². The molecule has 0 heterocycles. The van der Waals surface area contributed by atoms with Crippen molar-refractivity contribution in [3.8, 4) is 0 Å². The Kier molecular flexibility index (Phi) is 5.69. The molecule has 4 nitrogen and oxygen atoms in total. The molecule has 1 atom stereocenters. The number of hydrazine groups is 1. The van der Waals surface area contributed by atoms with Crippen LogP contribution in [0.4, 0.5) is 0 Å². The number of rotatable bonds is 4. The summed E-state index contributed by atoms with van der Waals surface area (Å²) in [6.07, 6.45) is 1.63. The third kappa shape index (κ3) is 4.56. The smallest absolute Gasteiger partial charge is 0.269 e. The van der Waals surface area contributed by atoms with E-state index in [2.05, 4.69) is 26.8 Å². The van der Waals surface area contributed by atoms with Gasteiger partial charge in [0, 0.05) is 5.56 Å². The van der Waals surface area contributed by atoms with Crippen molar-refractivity contribution in [2.24, 2.45) is 0 Å². The number of hydrogen-bond donors (Lipinski definition) is 2. The fourth-order valence-electron chi connectivity index (χ4n) is 1.24. The van der Waals surface area contributed by atoms with E-state index in [1.54, 1.807) is 24.3 Å². The molecule has 1 aromatic rings. The summed E-state index contributed by atoms with van der Waals surface area (Å²) in [5, 5.41) is 0. The summed E-state index contributed by atoms with van der Waals surface area (Å²) >= 11 is 3.25. The Morgan fingerprint density at radius 3 is 2.47 bits per heavy atom. The average Bonchev–Trinajstić information content (AvgIpc) is 2.36. The van der Waals surface area contributed by atoms with E-state index >= 15 is 0 Å². The summed E-state index contributed by atoms with van der Waals surface area (Å²) in [5.74, 6) is -0.564. The van der Waals surface area contributed by atoms with Gasteiger partial charge in [0.2, 0.25) is 0 Å². The molecule has 1 aromatic carbocycles. The summed E-state index contributed by atoms with van der Waals surface area (Å²) < 4.78 is 0. The maximum Gasteiger partial charge on any atom is 0.269 e. The number of nitrogens with one attached hydrogen (secondary N) is 2. The third-order valence-corrected chi connectivity index (χ3v) is 3.04. The molecule has 0 bridgehead atoms. The quantitative estimate of drug-likeness (QED) is 0.660. The predicted octanol–water partition coefficient (Wildman–Crippen LogP) is 2.01. The van der Waals surface area contributed by atoms with E-state index in [1.807, 2.05) is 13.0 Å². The van der Waals surface area contributed by atoms with Crippen LogP contribution in [0, 0.1) is 0 Å². The number of benzene rings is 1. The first-order valence-corrected chi connectivity index (χ1v) is 6.36. The molecular formula is C12H15BrN2O2. The van der Waals surface area contributed by atoms with Gasteiger partial charge in [-0.05, 0) is 18.6 Å². The minimum atomic E-state index is -0.324. The van der Waals surface area contributed by atoms with Gasteiger partial charge in [0.1, 0.15) is 0 Å². The molecule has 0 aliphatic carbocycles. The van der Waals surface area contributed by atoms with Crippen LogP contribution in [-0.2, 0) is 4.79 Å². The molecule has 2 N–H and O–H groups in total. The highest BCUT2D eigenvalue weighted by atomic mass is 79.9. The normalized spacial score (nSPS) is 11.6. The standard InChI is InChI=1S/C12H15BrN2O2/c1-2-6-10(13)12(17)15-14-11(16)9-7-4-3-5-8-9/h3-5,7-8,10H,2,6H2,1H3,(H,14,16)(H,15,17)/t10-/m0/s1. The largest absolute Gasteiger partial charge is 0.272 e. The number of alkyl halides is 1. The van der Waals surface area contributed by atoms with E-state index in [0.29, 0.717) is 5.56 Å². The zero-order valence-corrected chi connectivity index (χ0v) is 11.2. The van der Waals surface area contributed by atoms with Crippen molar-refractivity contribution in [2.75, 3.05) is 0 Å². The summed E-state index contributed by atoms with van der Waals surface area (Å²) in [6.45, 7) is 1.99. The first kappa shape index (κ1) is 13.7. The Bertz CT molecular complexity index is 381. The van der Waals surface area contributed by atoms with Crippen LogP contribution in [0.2, 0.25) is 0 Å². The fourth-order valence-corrected chi connectivity index (χ4v) is 1.82. The van der Waals surface area contributed by atoms with Crippen molar-refractivity contribution in [3.63, 3.8) is 0 Å². The first-order valence-electron chi connectivity index (χ1n) is 5.44. The molecule has 2 amide bonds. The molecule has 0 fully saturated rings. The van der Waals surface area contributed by atoms with Crippen molar-refractivity contribution in [1.29, 1.82) is 0 Å². The molecule has 5 heteroatoms. The lowest BCUT2D eigenvalue weighted by atomic mass is 10.2. The summed E-state index contributed by atoms with van der Waals surface area (Å²) in [6, 6.07) is 8.71. The SMILES string of the molecule is CCC[C@H](Br)C(=O)NNC(=O)c1ccccc1. The molecule has 0 spiro atoms. The topological polar surface area (TPSA) is 58.2 Å². The van der Waals surface area contributed by atoms with Crippen LogP contribution in [0.25, 0.3) is 0 Å². The Morgan fingerprint density at radius 1 is 1.24 bits per heavy atom. The second-order valence-electron chi connectivity index (χ2n) is 3.57. The van der Waals surface area contributed by atoms with Crippen LogP contribution in [0.15, 0.2) is 30.3 Å². The summed E-state index contributed by atoms with van der Waals surface area (Å²) in [5.41, 5.74) is 5.26. The van der Waals surface area contributed by atoms with Crippen LogP contribution in [0.1, 0.15) is 30.1 Å². The van der Waals surface area contributed by atoms with E-state index in [0.717, 1.165) is 12.8 Å². The number of hydrogen-bond acceptors (Lipinski definition) is 2. The van der Waals surface area contributed by atoms with E-state index in [9.17, 15) is 9.59 Å². The predicted molar refractivity (Wildman–Crippen MR) is 69.7 cm³/mol. The van der Waals surface area contributed by atoms with Gasteiger partial charge in [0.25, 0.3) is 11.8 Å². The Hall–Kier alpha value is -1.36. The number of carbonyl (C=O) groups excluding carboxylic acids is 2. The summed E-state index contributed by atoms with van der Waals surface area (Å²) in [4.78, 5) is 22.8. The maximum atomic E-state index is 11.6. The average molecular weight is 299 g/mol. The molecule has 0 aliphatic rings. The Balaban J connectivity index is 2.41. The van der Waals surface area contributed by atoms with E-state index in [1.165, 1.54) is 0 Å². The molecule has 0 saturated heterocycles. The van der Waals surface area contributed by atoms with Gasteiger partial charge in [-0.3, -0.25) is 20.4 Å². The van der Waals surface area contributed by atoms with Gasteiger partial charge in [-0.1, -0.05) is 47.5 Å². The highest BCUT2D eigenvalue weighted by Crippen LogP contribution is 2.07. The van der Waals surface area contributed by atoms with Gasteiger partial charge in [-0.2, -0.15) is 0 Å². The van der Waals surface area contributed by atoms with Gasteiger partial charge in [0.05, 0.1) is 4.83 Å². The van der Waals surface area contributed by atoms with Gasteiger partial charge in [-0.25, -0.2) is 0 Å². The van der Waals surface area contributed by atoms with Crippen LogP contribution in [-0.4, -0.2) is 16.6 Å². The monoisotopic (exact) mass is 298 g/mol. The number of amides is 2. The minimum Gasteiger partial charge on any atom is -0.272 e. The zero-order valence-electron chi connectivity index (χ0n) is 9.57. The van der Waals surface area contributed by atoms with Crippen molar-refractivity contribution < 1.29 is 9.59 Å². The lowest BCUT2D eigenvalue weighted by molar-refractivity contribution is -0.121. The Morgan fingerprint density at radius 2 is 1.88 bits per heavy atom. The Labute approximate surface area is 109 Å².